The first-order chi connectivity index (χ1) is 8.25. The Morgan fingerprint density at radius 2 is 2.24 bits per heavy atom. The number of pyridine rings is 1. The van der Waals surface area contributed by atoms with Crippen molar-refractivity contribution in [1.29, 1.82) is 0 Å². The lowest BCUT2D eigenvalue weighted by Gasteiger charge is -2.21. The number of nitrogens with zero attached hydrogens (tertiary/aromatic N) is 1. The molecule has 1 saturated heterocycles. The summed E-state index contributed by atoms with van der Waals surface area (Å²) < 4.78 is 11.0. The third kappa shape index (κ3) is 3.68. The minimum atomic E-state index is 0.0204. The fraction of sp³-hybridized carbons (Fsp3) is 0.615. The Morgan fingerprint density at radius 1 is 1.47 bits per heavy atom. The molecule has 1 aromatic rings. The molecule has 1 fully saturated rings. The van der Waals surface area contributed by atoms with Crippen LogP contribution in [-0.4, -0.2) is 24.8 Å². The van der Waals surface area contributed by atoms with Crippen molar-refractivity contribution in [3.8, 4) is 5.88 Å². The van der Waals surface area contributed by atoms with Crippen LogP contribution in [0.3, 0.4) is 0 Å². The van der Waals surface area contributed by atoms with Gasteiger partial charge in [-0.2, -0.15) is 0 Å². The summed E-state index contributed by atoms with van der Waals surface area (Å²) in [5.74, 6) is 1.28. The second-order valence-electron chi connectivity index (χ2n) is 4.59. The van der Waals surface area contributed by atoms with E-state index in [1.165, 1.54) is 0 Å². The minimum Gasteiger partial charge on any atom is -0.477 e. The molecule has 2 heterocycles. The molecule has 0 radical (unpaired) electrons. The molecule has 2 N–H and O–H groups in total. The summed E-state index contributed by atoms with van der Waals surface area (Å²) in [6.45, 7) is 4.38. The topological polar surface area (TPSA) is 57.4 Å². The van der Waals surface area contributed by atoms with E-state index >= 15 is 0 Å². The van der Waals surface area contributed by atoms with Gasteiger partial charge in [0.25, 0.3) is 0 Å². The Hall–Kier alpha value is -1.13. The summed E-state index contributed by atoms with van der Waals surface area (Å²) in [5, 5.41) is 0. The SMILES string of the molecule is C[C@@H](N)c1ccc(OCC2CCOCC2)nc1. The molecule has 1 aromatic heterocycles. The molecule has 4 heteroatoms. The van der Waals surface area contributed by atoms with Gasteiger partial charge >= 0.3 is 0 Å². The van der Waals surface area contributed by atoms with Crippen molar-refractivity contribution in [3.63, 3.8) is 0 Å². The third-order valence-electron chi connectivity index (χ3n) is 3.09. The van der Waals surface area contributed by atoms with E-state index in [-0.39, 0.29) is 6.04 Å². The van der Waals surface area contributed by atoms with Crippen molar-refractivity contribution in [3.05, 3.63) is 23.9 Å². The van der Waals surface area contributed by atoms with Gasteiger partial charge in [-0.25, -0.2) is 4.98 Å². The molecule has 17 heavy (non-hydrogen) atoms. The molecule has 0 amide bonds. The summed E-state index contributed by atoms with van der Waals surface area (Å²) in [6, 6.07) is 3.88. The fourth-order valence-corrected chi connectivity index (χ4v) is 1.86. The molecule has 0 unspecified atom stereocenters. The van der Waals surface area contributed by atoms with E-state index < -0.39 is 0 Å². The van der Waals surface area contributed by atoms with E-state index in [9.17, 15) is 0 Å². The molecular weight excluding hydrogens is 216 g/mol. The number of hydrogen-bond donors (Lipinski definition) is 1. The predicted molar refractivity (Wildman–Crippen MR) is 65.9 cm³/mol. The predicted octanol–water partition coefficient (Wildman–Crippen LogP) is 1.91. The first-order valence-electron chi connectivity index (χ1n) is 6.18. The maximum atomic E-state index is 5.76. The zero-order valence-corrected chi connectivity index (χ0v) is 10.3. The van der Waals surface area contributed by atoms with E-state index in [1.54, 1.807) is 6.20 Å². The van der Waals surface area contributed by atoms with Gasteiger partial charge in [0.1, 0.15) is 0 Å². The molecule has 0 spiro atoms. The van der Waals surface area contributed by atoms with Crippen molar-refractivity contribution in [2.24, 2.45) is 11.7 Å². The number of hydrogen-bond acceptors (Lipinski definition) is 4. The van der Waals surface area contributed by atoms with Gasteiger partial charge in [0.15, 0.2) is 0 Å². The second kappa shape index (κ2) is 5.98. The van der Waals surface area contributed by atoms with Crippen LogP contribution in [0.1, 0.15) is 31.4 Å². The quantitative estimate of drug-likeness (QED) is 0.867. The van der Waals surface area contributed by atoms with Crippen LogP contribution >= 0.6 is 0 Å². The summed E-state index contributed by atoms with van der Waals surface area (Å²) in [4.78, 5) is 4.25. The van der Waals surface area contributed by atoms with Gasteiger partial charge in [-0.05, 0) is 31.2 Å². The number of nitrogens with two attached hydrogens (primary N) is 1. The fourth-order valence-electron chi connectivity index (χ4n) is 1.86. The molecule has 0 aliphatic carbocycles. The Bertz CT molecular complexity index is 332. The van der Waals surface area contributed by atoms with Crippen molar-refractivity contribution >= 4 is 0 Å². The van der Waals surface area contributed by atoms with Gasteiger partial charge in [0, 0.05) is 31.5 Å². The first-order valence-corrected chi connectivity index (χ1v) is 6.18. The van der Waals surface area contributed by atoms with E-state index in [4.69, 9.17) is 15.2 Å². The van der Waals surface area contributed by atoms with Gasteiger partial charge in [0.05, 0.1) is 6.61 Å². The zero-order chi connectivity index (χ0) is 12.1. The van der Waals surface area contributed by atoms with E-state index in [0.717, 1.165) is 38.2 Å². The van der Waals surface area contributed by atoms with Gasteiger partial charge < -0.3 is 15.2 Å². The van der Waals surface area contributed by atoms with Crippen LogP contribution in [0.15, 0.2) is 18.3 Å². The van der Waals surface area contributed by atoms with Crippen LogP contribution in [0.25, 0.3) is 0 Å². The molecule has 1 atom stereocenters. The van der Waals surface area contributed by atoms with Gasteiger partial charge in [-0.1, -0.05) is 6.07 Å². The van der Waals surface area contributed by atoms with Crippen molar-refractivity contribution in [2.75, 3.05) is 19.8 Å². The van der Waals surface area contributed by atoms with Gasteiger partial charge in [-0.3, -0.25) is 0 Å². The van der Waals surface area contributed by atoms with Gasteiger partial charge in [0.2, 0.25) is 5.88 Å². The Morgan fingerprint density at radius 3 is 2.82 bits per heavy atom. The maximum absolute atomic E-state index is 5.76. The molecule has 0 bridgehead atoms. The van der Waals surface area contributed by atoms with Crippen LogP contribution in [0.5, 0.6) is 5.88 Å². The molecule has 1 aliphatic heterocycles. The lowest BCUT2D eigenvalue weighted by atomic mass is 10.0. The Labute approximate surface area is 102 Å². The Balaban J connectivity index is 1.82. The summed E-state index contributed by atoms with van der Waals surface area (Å²) in [6.07, 6.45) is 3.94. The molecule has 2 rings (SSSR count). The average Bonchev–Trinajstić information content (AvgIpc) is 2.38. The highest BCUT2D eigenvalue weighted by Crippen LogP contribution is 2.17. The monoisotopic (exact) mass is 236 g/mol. The molecule has 4 nitrogen and oxygen atoms in total. The molecule has 0 aromatic carbocycles. The van der Waals surface area contributed by atoms with Crippen LogP contribution < -0.4 is 10.5 Å². The molecule has 94 valence electrons. The lowest BCUT2D eigenvalue weighted by molar-refractivity contribution is 0.0490. The molecule has 0 saturated carbocycles. The van der Waals surface area contributed by atoms with Crippen LogP contribution in [0, 0.1) is 5.92 Å². The average molecular weight is 236 g/mol. The van der Waals surface area contributed by atoms with Crippen LogP contribution in [0.2, 0.25) is 0 Å². The minimum absolute atomic E-state index is 0.0204. The standard InChI is InChI=1S/C13H20N2O2/c1-10(14)12-2-3-13(15-8-12)17-9-11-4-6-16-7-5-11/h2-3,8,10-11H,4-7,9,14H2,1H3/t10-/m1/s1. The highest BCUT2D eigenvalue weighted by Gasteiger charge is 2.14. The maximum Gasteiger partial charge on any atom is 0.213 e. The van der Waals surface area contributed by atoms with Crippen LogP contribution in [-0.2, 0) is 4.74 Å². The largest absolute Gasteiger partial charge is 0.477 e. The van der Waals surface area contributed by atoms with Crippen molar-refractivity contribution in [1.82, 2.24) is 4.98 Å². The molecular formula is C13H20N2O2. The zero-order valence-electron chi connectivity index (χ0n) is 10.3. The van der Waals surface area contributed by atoms with Crippen LogP contribution in [0.4, 0.5) is 0 Å². The Kier molecular flexibility index (Phi) is 4.34. The number of rotatable bonds is 4. The smallest absolute Gasteiger partial charge is 0.213 e. The number of ether oxygens (including phenoxy) is 2. The lowest BCUT2D eigenvalue weighted by Crippen LogP contribution is -2.21. The molecule has 1 aliphatic rings. The third-order valence-corrected chi connectivity index (χ3v) is 3.09. The normalized spacial score (nSPS) is 18.9. The summed E-state index contributed by atoms with van der Waals surface area (Å²) in [5.41, 5.74) is 6.79. The van der Waals surface area contributed by atoms with Crippen molar-refractivity contribution < 1.29 is 9.47 Å². The highest BCUT2D eigenvalue weighted by molar-refractivity contribution is 5.19. The van der Waals surface area contributed by atoms with E-state index in [0.29, 0.717) is 11.8 Å². The van der Waals surface area contributed by atoms with E-state index in [2.05, 4.69) is 4.98 Å². The van der Waals surface area contributed by atoms with E-state index in [1.807, 2.05) is 19.1 Å². The number of aromatic nitrogens is 1. The summed E-state index contributed by atoms with van der Waals surface area (Å²) in [7, 11) is 0. The summed E-state index contributed by atoms with van der Waals surface area (Å²) >= 11 is 0. The highest BCUT2D eigenvalue weighted by atomic mass is 16.5. The van der Waals surface area contributed by atoms with Gasteiger partial charge in [-0.15, -0.1) is 0 Å². The van der Waals surface area contributed by atoms with Crippen molar-refractivity contribution in [2.45, 2.75) is 25.8 Å². The second-order valence-corrected chi connectivity index (χ2v) is 4.59. The first kappa shape index (κ1) is 12.3.